The van der Waals surface area contributed by atoms with Gasteiger partial charge < -0.3 is 11.1 Å². The molecule has 0 unspecified atom stereocenters. The normalized spacial score (nSPS) is 14.4. The number of aromatic nitrogens is 3. The van der Waals surface area contributed by atoms with Gasteiger partial charge in [-0.2, -0.15) is 18.3 Å². The first-order chi connectivity index (χ1) is 12.2. The van der Waals surface area contributed by atoms with Gasteiger partial charge in [0.15, 0.2) is 5.01 Å². The highest BCUT2D eigenvalue weighted by molar-refractivity contribution is 7.18. The number of hydrogen-bond acceptors (Lipinski definition) is 5. The molecule has 3 aromatic rings. The van der Waals surface area contributed by atoms with Gasteiger partial charge in [0.05, 0.1) is 11.7 Å². The number of carbonyl (C=O) groups excluding carboxylic acids is 1. The van der Waals surface area contributed by atoms with Gasteiger partial charge >= 0.3 is 6.18 Å². The standard InChI is InChI=1S/C15H13ClF3N5OS/c1-14(7-20,15(17,18)19)23-12(25)13-22-10(11(16)26-13)8-6-21-24-5-3-2-4-9(8)24/h2-6H,7,20H2,1H3,(H,23,25)/t14-/m0/s1. The molecule has 0 fully saturated rings. The lowest BCUT2D eigenvalue weighted by atomic mass is 10.0. The summed E-state index contributed by atoms with van der Waals surface area (Å²) in [5, 5.41) is 5.86. The zero-order chi connectivity index (χ0) is 19.1. The van der Waals surface area contributed by atoms with Crippen molar-refractivity contribution in [1.82, 2.24) is 19.9 Å². The number of carbonyl (C=O) groups is 1. The fourth-order valence-corrected chi connectivity index (χ4v) is 3.29. The lowest BCUT2D eigenvalue weighted by Crippen LogP contribution is -2.61. The van der Waals surface area contributed by atoms with E-state index in [0.29, 0.717) is 11.1 Å². The van der Waals surface area contributed by atoms with Crippen LogP contribution < -0.4 is 11.1 Å². The van der Waals surface area contributed by atoms with Crippen LogP contribution in [0.25, 0.3) is 16.8 Å². The van der Waals surface area contributed by atoms with Crippen LogP contribution in [0.5, 0.6) is 0 Å². The van der Waals surface area contributed by atoms with E-state index in [4.69, 9.17) is 17.3 Å². The monoisotopic (exact) mass is 403 g/mol. The molecule has 1 amide bonds. The first-order valence-electron chi connectivity index (χ1n) is 7.34. The molecule has 3 rings (SSSR count). The largest absolute Gasteiger partial charge is 0.412 e. The molecule has 1 atom stereocenters. The van der Waals surface area contributed by atoms with E-state index in [1.807, 2.05) is 5.32 Å². The number of nitrogens with two attached hydrogens (primary N) is 1. The van der Waals surface area contributed by atoms with Crippen molar-refractivity contribution in [3.8, 4) is 11.3 Å². The quantitative estimate of drug-likeness (QED) is 0.701. The summed E-state index contributed by atoms with van der Waals surface area (Å²) >= 11 is 6.96. The minimum Gasteiger partial charge on any atom is -0.335 e. The average molecular weight is 404 g/mol. The average Bonchev–Trinajstić information content (AvgIpc) is 3.17. The Bertz CT molecular complexity index is 970. The van der Waals surface area contributed by atoms with Crippen LogP contribution in [0.2, 0.25) is 4.34 Å². The summed E-state index contributed by atoms with van der Waals surface area (Å²) in [4.78, 5) is 16.4. The van der Waals surface area contributed by atoms with Crippen molar-refractivity contribution in [2.45, 2.75) is 18.6 Å². The molecular formula is C15H13ClF3N5OS. The Labute approximate surface area is 154 Å². The van der Waals surface area contributed by atoms with Gasteiger partial charge in [0, 0.05) is 18.3 Å². The number of thiazole rings is 1. The summed E-state index contributed by atoms with van der Waals surface area (Å²) in [6, 6.07) is 5.37. The maximum Gasteiger partial charge on any atom is 0.412 e. The van der Waals surface area contributed by atoms with Gasteiger partial charge in [0.2, 0.25) is 0 Å². The van der Waals surface area contributed by atoms with Crippen LogP contribution in [0.3, 0.4) is 0 Å². The molecule has 0 aliphatic carbocycles. The molecule has 0 aromatic carbocycles. The number of fused-ring (bicyclic) bond motifs is 1. The highest BCUT2D eigenvalue weighted by atomic mass is 35.5. The van der Waals surface area contributed by atoms with Crippen molar-refractivity contribution >= 4 is 34.4 Å². The summed E-state index contributed by atoms with van der Waals surface area (Å²) in [7, 11) is 0. The molecule has 3 heterocycles. The summed E-state index contributed by atoms with van der Waals surface area (Å²) in [6.07, 6.45) is -1.45. The second kappa shape index (κ2) is 6.53. The number of pyridine rings is 1. The fraction of sp³-hybridized carbons (Fsp3) is 0.267. The van der Waals surface area contributed by atoms with Crippen LogP contribution in [0.4, 0.5) is 13.2 Å². The Kier molecular flexibility index (Phi) is 4.67. The van der Waals surface area contributed by atoms with Crippen molar-refractivity contribution in [2.75, 3.05) is 6.54 Å². The molecule has 0 saturated heterocycles. The van der Waals surface area contributed by atoms with Gasteiger partial charge in [-0.25, -0.2) is 9.50 Å². The molecule has 26 heavy (non-hydrogen) atoms. The number of nitrogens with zero attached hydrogens (tertiary/aromatic N) is 3. The van der Waals surface area contributed by atoms with E-state index < -0.39 is 24.2 Å². The lowest BCUT2D eigenvalue weighted by Gasteiger charge is -2.31. The van der Waals surface area contributed by atoms with Gasteiger partial charge in [-0.3, -0.25) is 4.79 Å². The molecular weight excluding hydrogens is 391 g/mol. The molecule has 0 radical (unpaired) electrons. The number of amides is 1. The first-order valence-corrected chi connectivity index (χ1v) is 8.54. The predicted octanol–water partition coefficient (Wildman–Crippen LogP) is 3.12. The molecule has 3 N–H and O–H groups in total. The third-order valence-corrected chi connectivity index (χ3v) is 5.14. The van der Waals surface area contributed by atoms with Crippen LogP contribution in [-0.4, -0.2) is 38.8 Å². The van der Waals surface area contributed by atoms with Crippen LogP contribution >= 0.6 is 22.9 Å². The minimum atomic E-state index is -4.70. The Balaban J connectivity index is 1.94. The minimum absolute atomic E-state index is 0.176. The van der Waals surface area contributed by atoms with Gasteiger partial charge in [0.1, 0.15) is 15.6 Å². The SMILES string of the molecule is C[C@@](CN)(NC(=O)c1nc(-c2cnn3ccccc23)c(Cl)s1)C(F)(F)F. The van der Waals surface area contributed by atoms with E-state index in [1.165, 1.54) is 6.20 Å². The molecule has 11 heteroatoms. The van der Waals surface area contributed by atoms with Crippen molar-refractivity contribution in [1.29, 1.82) is 0 Å². The van der Waals surface area contributed by atoms with Crippen LogP contribution in [0, 0.1) is 0 Å². The lowest BCUT2D eigenvalue weighted by molar-refractivity contribution is -0.185. The summed E-state index contributed by atoms with van der Waals surface area (Å²) in [5.41, 5.74) is 4.20. The topological polar surface area (TPSA) is 85.3 Å². The van der Waals surface area contributed by atoms with Gasteiger partial charge in [0.25, 0.3) is 5.91 Å². The van der Waals surface area contributed by atoms with E-state index in [9.17, 15) is 18.0 Å². The number of hydrogen-bond donors (Lipinski definition) is 2. The summed E-state index contributed by atoms with van der Waals surface area (Å²) < 4.78 is 41.1. The smallest absolute Gasteiger partial charge is 0.335 e. The summed E-state index contributed by atoms with van der Waals surface area (Å²) in [5.74, 6) is -0.995. The molecule has 0 aliphatic rings. The molecule has 138 valence electrons. The molecule has 0 spiro atoms. The molecule has 0 saturated carbocycles. The van der Waals surface area contributed by atoms with Gasteiger partial charge in [-0.15, -0.1) is 0 Å². The maximum atomic E-state index is 13.1. The third kappa shape index (κ3) is 3.15. The highest BCUT2D eigenvalue weighted by Gasteiger charge is 2.51. The van der Waals surface area contributed by atoms with Crippen LogP contribution in [0.1, 0.15) is 16.7 Å². The van der Waals surface area contributed by atoms with Crippen molar-refractivity contribution in [2.24, 2.45) is 5.73 Å². The van der Waals surface area contributed by atoms with Gasteiger partial charge in [-0.05, 0) is 19.1 Å². The molecule has 0 aliphatic heterocycles. The fourth-order valence-electron chi connectivity index (χ4n) is 2.22. The maximum absolute atomic E-state index is 13.1. The number of halogens is 4. The highest BCUT2D eigenvalue weighted by Crippen LogP contribution is 2.35. The molecule has 3 aromatic heterocycles. The van der Waals surface area contributed by atoms with Crippen molar-refractivity contribution < 1.29 is 18.0 Å². The number of nitrogens with one attached hydrogen (secondary N) is 1. The second-order valence-electron chi connectivity index (χ2n) is 5.72. The van der Waals surface area contributed by atoms with Gasteiger partial charge in [-0.1, -0.05) is 29.0 Å². The Morgan fingerprint density at radius 2 is 2.15 bits per heavy atom. The van der Waals surface area contributed by atoms with Crippen LogP contribution in [0.15, 0.2) is 30.6 Å². The van der Waals surface area contributed by atoms with E-state index >= 15 is 0 Å². The van der Waals surface area contributed by atoms with Crippen molar-refractivity contribution in [3.63, 3.8) is 0 Å². The summed E-state index contributed by atoms with van der Waals surface area (Å²) in [6.45, 7) is 0.00847. The zero-order valence-electron chi connectivity index (χ0n) is 13.3. The molecule has 6 nitrogen and oxygen atoms in total. The predicted molar refractivity (Wildman–Crippen MR) is 92.3 cm³/mol. The van der Waals surface area contributed by atoms with E-state index in [0.717, 1.165) is 18.3 Å². The Morgan fingerprint density at radius 1 is 1.42 bits per heavy atom. The van der Waals surface area contributed by atoms with E-state index in [1.54, 1.807) is 28.9 Å². The Morgan fingerprint density at radius 3 is 2.81 bits per heavy atom. The van der Waals surface area contributed by atoms with E-state index in [2.05, 4.69) is 10.1 Å². The van der Waals surface area contributed by atoms with Crippen molar-refractivity contribution in [3.05, 3.63) is 39.9 Å². The van der Waals surface area contributed by atoms with E-state index in [-0.39, 0.29) is 15.0 Å². The third-order valence-electron chi connectivity index (χ3n) is 3.88. The number of rotatable bonds is 4. The zero-order valence-corrected chi connectivity index (χ0v) is 14.9. The van der Waals surface area contributed by atoms with Crippen LogP contribution in [-0.2, 0) is 0 Å². The molecule has 0 bridgehead atoms. The second-order valence-corrected chi connectivity index (χ2v) is 7.32. The number of alkyl halides is 3. The Hall–Kier alpha value is -2.17. The first kappa shape index (κ1) is 18.6.